The minimum atomic E-state index is -3.66. The number of hydrogen-bond donors (Lipinski definition) is 1. The van der Waals surface area contributed by atoms with Crippen LogP contribution in [0.4, 0.5) is 5.13 Å². The molecule has 40 heavy (non-hydrogen) atoms. The number of sulfonamides is 1. The summed E-state index contributed by atoms with van der Waals surface area (Å²) in [5, 5.41) is 4.05. The van der Waals surface area contributed by atoms with E-state index < -0.39 is 10.0 Å². The Morgan fingerprint density at radius 2 is 1.62 bits per heavy atom. The number of aromatic nitrogens is 1. The van der Waals surface area contributed by atoms with Crippen LogP contribution in [0.1, 0.15) is 27.0 Å². The summed E-state index contributed by atoms with van der Waals surface area (Å²) in [5.74, 6) is -0.208. The number of anilines is 1. The zero-order valence-corrected chi connectivity index (χ0v) is 24.8. The van der Waals surface area contributed by atoms with E-state index in [2.05, 4.69) is 41.1 Å². The summed E-state index contributed by atoms with van der Waals surface area (Å²) in [5.41, 5.74) is 4.94. The van der Waals surface area contributed by atoms with Crippen molar-refractivity contribution in [3.8, 4) is 0 Å². The van der Waals surface area contributed by atoms with Crippen molar-refractivity contribution in [2.75, 3.05) is 51.2 Å². The third-order valence-corrected chi connectivity index (χ3v) is 10.4. The lowest BCUT2D eigenvalue weighted by Crippen LogP contribution is -2.48. The van der Waals surface area contributed by atoms with E-state index in [0.717, 1.165) is 48.9 Å². The van der Waals surface area contributed by atoms with E-state index in [-0.39, 0.29) is 17.3 Å². The van der Waals surface area contributed by atoms with Crippen molar-refractivity contribution in [2.45, 2.75) is 25.3 Å². The van der Waals surface area contributed by atoms with Gasteiger partial charge in [0.1, 0.15) is 0 Å². The molecule has 3 aromatic carbocycles. The van der Waals surface area contributed by atoms with E-state index in [4.69, 9.17) is 4.98 Å². The molecule has 10 heteroatoms. The molecule has 0 spiro atoms. The van der Waals surface area contributed by atoms with Gasteiger partial charge in [-0.25, -0.2) is 13.4 Å². The average Bonchev–Trinajstić information content (AvgIpc) is 3.43. The Kier molecular flexibility index (Phi) is 8.51. The molecule has 210 valence electrons. The van der Waals surface area contributed by atoms with E-state index in [1.54, 1.807) is 30.5 Å². The Morgan fingerprint density at radius 3 is 2.30 bits per heavy atom. The third kappa shape index (κ3) is 6.20. The zero-order chi connectivity index (χ0) is 28.3. The Balaban J connectivity index is 1.09. The van der Waals surface area contributed by atoms with Gasteiger partial charge >= 0.3 is 0 Å². The van der Waals surface area contributed by atoms with Crippen LogP contribution in [0, 0.1) is 13.8 Å². The summed E-state index contributed by atoms with van der Waals surface area (Å²) < 4.78 is 28.5. The first-order valence-corrected chi connectivity index (χ1v) is 15.7. The highest BCUT2D eigenvalue weighted by Crippen LogP contribution is 2.33. The summed E-state index contributed by atoms with van der Waals surface area (Å²) >= 11 is 1.77. The first kappa shape index (κ1) is 28.2. The molecule has 1 aliphatic rings. The highest BCUT2D eigenvalue weighted by atomic mass is 32.2. The number of rotatable bonds is 9. The largest absolute Gasteiger partial charge is 0.351 e. The number of thiazole rings is 1. The van der Waals surface area contributed by atoms with Crippen LogP contribution < -0.4 is 10.2 Å². The maximum Gasteiger partial charge on any atom is 0.251 e. The second kappa shape index (κ2) is 12.1. The molecule has 1 fully saturated rings. The quantitative estimate of drug-likeness (QED) is 0.320. The van der Waals surface area contributed by atoms with Gasteiger partial charge in [0, 0.05) is 58.4 Å². The van der Waals surface area contributed by atoms with Crippen LogP contribution >= 0.6 is 11.3 Å². The molecule has 0 saturated carbocycles. The van der Waals surface area contributed by atoms with Crippen LogP contribution in [-0.4, -0.2) is 74.8 Å². The zero-order valence-electron chi connectivity index (χ0n) is 23.1. The van der Waals surface area contributed by atoms with Crippen molar-refractivity contribution in [3.63, 3.8) is 0 Å². The minimum Gasteiger partial charge on any atom is -0.351 e. The maximum atomic E-state index is 13.0. The fourth-order valence-corrected chi connectivity index (χ4v) is 7.18. The molecule has 1 aliphatic heterocycles. The van der Waals surface area contributed by atoms with Crippen molar-refractivity contribution in [1.82, 2.24) is 19.5 Å². The molecule has 2 heterocycles. The Bertz CT molecular complexity index is 1540. The van der Waals surface area contributed by atoms with Crippen molar-refractivity contribution < 1.29 is 13.2 Å². The van der Waals surface area contributed by atoms with Crippen molar-refractivity contribution >= 4 is 42.6 Å². The lowest BCUT2D eigenvalue weighted by molar-refractivity contribution is 0.0947. The number of nitrogens with zero attached hydrogens (tertiary/aromatic N) is 4. The SMILES string of the molecule is Cc1ccc(C)c2sc(N3CCN(CCNC(=O)c4ccc(S(=O)(=O)N(C)Cc5ccccc5)cc4)CC3)nc12. The lowest BCUT2D eigenvalue weighted by Gasteiger charge is -2.34. The number of piperazine rings is 1. The van der Waals surface area contributed by atoms with Crippen LogP contribution in [0.15, 0.2) is 71.6 Å². The van der Waals surface area contributed by atoms with E-state index >= 15 is 0 Å². The standard InChI is InChI=1S/C30H35N5O3S2/c1-22-9-10-23(2)28-27(22)32-30(39-28)35-19-17-34(18-20-35)16-15-31-29(36)25-11-13-26(14-12-25)40(37,38)33(3)21-24-7-5-4-6-8-24/h4-14H,15-21H2,1-3H3,(H,31,36). The Labute approximate surface area is 240 Å². The first-order valence-electron chi connectivity index (χ1n) is 13.4. The number of carbonyl (C=O) groups excluding carboxylic acids is 1. The molecular weight excluding hydrogens is 542 g/mol. The summed E-state index contributed by atoms with van der Waals surface area (Å²) in [4.78, 5) is 22.5. The van der Waals surface area contributed by atoms with Gasteiger partial charge in [-0.3, -0.25) is 9.69 Å². The fourth-order valence-electron chi connectivity index (χ4n) is 4.86. The van der Waals surface area contributed by atoms with Crippen LogP contribution in [0.2, 0.25) is 0 Å². The number of carbonyl (C=O) groups is 1. The maximum absolute atomic E-state index is 13.0. The van der Waals surface area contributed by atoms with E-state index in [1.165, 1.54) is 32.3 Å². The monoisotopic (exact) mass is 577 g/mol. The molecule has 4 aromatic rings. The van der Waals surface area contributed by atoms with Crippen LogP contribution in [-0.2, 0) is 16.6 Å². The van der Waals surface area contributed by atoms with Crippen molar-refractivity contribution in [3.05, 3.63) is 89.0 Å². The number of aryl methyl sites for hydroxylation is 2. The molecular formula is C30H35N5O3S2. The molecule has 0 atom stereocenters. The Morgan fingerprint density at radius 1 is 0.950 bits per heavy atom. The summed E-state index contributed by atoms with van der Waals surface area (Å²) in [6.45, 7) is 9.44. The van der Waals surface area contributed by atoms with Gasteiger partial charge in [0.2, 0.25) is 10.0 Å². The topological polar surface area (TPSA) is 85.8 Å². The van der Waals surface area contributed by atoms with Gasteiger partial charge in [0.05, 0.1) is 15.1 Å². The summed E-state index contributed by atoms with van der Waals surface area (Å²) in [7, 11) is -2.10. The lowest BCUT2D eigenvalue weighted by atomic mass is 10.1. The molecule has 5 rings (SSSR count). The Hall–Kier alpha value is -3.31. The number of fused-ring (bicyclic) bond motifs is 1. The highest BCUT2D eigenvalue weighted by Gasteiger charge is 2.22. The van der Waals surface area contributed by atoms with Gasteiger partial charge in [0.15, 0.2) is 5.13 Å². The number of nitrogens with one attached hydrogen (secondary N) is 1. The number of amides is 1. The number of hydrogen-bond acceptors (Lipinski definition) is 7. The first-order chi connectivity index (χ1) is 19.2. The smallest absolute Gasteiger partial charge is 0.251 e. The van der Waals surface area contributed by atoms with Gasteiger partial charge < -0.3 is 10.2 Å². The molecule has 1 N–H and O–H groups in total. The van der Waals surface area contributed by atoms with Crippen molar-refractivity contribution in [2.24, 2.45) is 0 Å². The minimum absolute atomic E-state index is 0.166. The summed E-state index contributed by atoms with van der Waals surface area (Å²) in [6.07, 6.45) is 0. The van der Waals surface area contributed by atoms with Gasteiger partial charge in [0.25, 0.3) is 5.91 Å². The molecule has 1 amide bonds. The normalized spacial score (nSPS) is 14.7. The molecule has 0 unspecified atom stereocenters. The molecule has 8 nitrogen and oxygen atoms in total. The van der Waals surface area contributed by atoms with Crippen LogP contribution in [0.25, 0.3) is 10.2 Å². The second-order valence-electron chi connectivity index (χ2n) is 10.2. The number of benzene rings is 3. The average molecular weight is 578 g/mol. The third-order valence-electron chi connectivity index (χ3n) is 7.36. The fraction of sp³-hybridized carbons (Fsp3) is 0.333. The van der Waals surface area contributed by atoms with Crippen LogP contribution in [0.5, 0.6) is 0 Å². The van der Waals surface area contributed by atoms with Gasteiger partial charge in [-0.05, 0) is 54.8 Å². The molecule has 1 aromatic heterocycles. The van der Waals surface area contributed by atoms with Gasteiger partial charge in [-0.15, -0.1) is 0 Å². The second-order valence-corrected chi connectivity index (χ2v) is 13.3. The highest BCUT2D eigenvalue weighted by molar-refractivity contribution is 7.89. The van der Waals surface area contributed by atoms with Crippen LogP contribution in [0.3, 0.4) is 0 Å². The predicted molar refractivity (Wildman–Crippen MR) is 162 cm³/mol. The van der Waals surface area contributed by atoms with E-state index in [9.17, 15) is 13.2 Å². The summed E-state index contributed by atoms with van der Waals surface area (Å²) in [6, 6.07) is 19.9. The van der Waals surface area contributed by atoms with Gasteiger partial charge in [-0.2, -0.15) is 4.31 Å². The van der Waals surface area contributed by atoms with E-state index in [0.29, 0.717) is 12.1 Å². The predicted octanol–water partition coefficient (Wildman–Crippen LogP) is 4.29. The molecule has 0 radical (unpaired) electrons. The van der Waals surface area contributed by atoms with E-state index in [1.807, 2.05) is 30.3 Å². The van der Waals surface area contributed by atoms with Gasteiger partial charge in [-0.1, -0.05) is 53.8 Å². The molecule has 1 saturated heterocycles. The van der Waals surface area contributed by atoms with Crippen molar-refractivity contribution in [1.29, 1.82) is 0 Å². The molecule has 0 aliphatic carbocycles. The molecule has 0 bridgehead atoms.